The summed E-state index contributed by atoms with van der Waals surface area (Å²) in [4.78, 5) is 37.8. The molecule has 6 heteroatoms. The number of imide groups is 1. The quantitative estimate of drug-likeness (QED) is 0.793. The minimum absolute atomic E-state index is 0.0104. The van der Waals surface area contributed by atoms with Crippen LogP contribution in [0.5, 0.6) is 0 Å². The number of nitrogens with zero attached hydrogens (tertiary/aromatic N) is 1. The third-order valence-corrected chi connectivity index (χ3v) is 5.12. The Hall–Kier alpha value is -3.15. The van der Waals surface area contributed by atoms with Crippen molar-refractivity contribution in [3.8, 4) is 0 Å². The lowest BCUT2D eigenvalue weighted by Gasteiger charge is -2.24. The Morgan fingerprint density at radius 3 is 2.32 bits per heavy atom. The predicted octanol–water partition coefficient (Wildman–Crippen LogP) is 3.65. The van der Waals surface area contributed by atoms with Crippen LogP contribution in [-0.4, -0.2) is 27.9 Å². The SMILES string of the molecule is CC(C)(C)c1ccc(C2(C)NC(=O)N(Cc3cccc(C(=O)O)c3)C2=O)cc1. The summed E-state index contributed by atoms with van der Waals surface area (Å²) in [5, 5.41) is 11.9. The first-order valence-corrected chi connectivity index (χ1v) is 9.10. The minimum Gasteiger partial charge on any atom is -0.478 e. The van der Waals surface area contributed by atoms with Crippen molar-refractivity contribution in [3.63, 3.8) is 0 Å². The van der Waals surface area contributed by atoms with E-state index in [-0.39, 0.29) is 23.4 Å². The van der Waals surface area contributed by atoms with Gasteiger partial charge in [-0.2, -0.15) is 0 Å². The van der Waals surface area contributed by atoms with Gasteiger partial charge in [0.05, 0.1) is 12.1 Å². The number of urea groups is 1. The number of hydrogen-bond donors (Lipinski definition) is 2. The Morgan fingerprint density at radius 2 is 1.75 bits per heavy atom. The highest BCUT2D eigenvalue weighted by molar-refractivity contribution is 6.07. The Balaban J connectivity index is 1.86. The summed E-state index contributed by atoms with van der Waals surface area (Å²) in [6.07, 6.45) is 0. The number of rotatable bonds is 4. The van der Waals surface area contributed by atoms with E-state index in [4.69, 9.17) is 5.11 Å². The molecule has 0 bridgehead atoms. The number of amides is 3. The van der Waals surface area contributed by atoms with E-state index in [1.165, 1.54) is 12.1 Å². The van der Waals surface area contributed by atoms with Crippen molar-refractivity contribution in [1.82, 2.24) is 10.2 Å². The molecule has 0 radical (unpaired) electrons. The van der Waals surface area contributed by atoms with Gasteiger partial charge in [0.15, 0.2) is 0 Å². The fourth-order valence-corrected chi connectivity index (χ4v) is 3.33. The van der Waals surface area contributed by atoms with Crippen molar-refractivity contribution in [3.05, 3.63) is 70.8 Å². The summed E-state index contributed by atoms with van der Waals surface area (Å²) in [5.41, 5.74) is 1.38. The van der Waals surface area contributed by atoms with Crippen LogP contribution in [-0.2, 0) is 22.3 Å². The minimum atomic E-state index is -1.15. The van der Waals surface area contributed by atoms with Crippen molar-refractivity contribution >= 4 is 17.9 Å². The van der Waals surface area contributed by atoms with E-state index in [9.17, 15) is 14.4 Å². The first-order chi connectivity index (χ1) is 13.0. The monoisotopic (exact) mass is 380 g/mol. The van der Waals surface area contributed by atoms with Gasteiger partial charge in [-0.25, -0.2) is 9.59 Å². The first kappa shape index (κ1) is 19.6. The molecule has 3 amide bonds. The van der Waals surface area contributed by atoms with Gasteiger partial charge < -0.3 is 10.4 Å². The molecular weight excluding hydrogens is 356 g/mol. The first-order valence-electron chi connectivity index (χ1n) is 9.10. The van der Waals surface area contributed by atoms with Gasteiger partial charge in [-0.1, -0.05) is 57.2 Å². The van der Waals surface area contributed by atoms with E-state index >= 15 is 0 Å². The fraction of sp³-hybridized carbons (Fsp3) is 0.318. The maximum Gasteiger partial charge on any atom is 0.335 e. The van der Waals surface area contributed by atoms with E-state index in [0.29, 0.717) is 11.1 Å². The van der Waals surface area contributed by atoms with Crippen LogP contribution in [0.2, 0.25) is 0 Å². The molecule has 2 aromatic carbocycles. The predicted molar refractivity (Wildman–Crippen MR) is 105 cm³/mol. The summed E-state index contributed by atoms with van der Waals surface area (Å²) >= 11 is 0. The molecule has 1 aliphatic rings. The molecule has 1 atom stereocenters. The van der Waals surface area contributed by atoms with Crippen molar-refractivity contribution in [2.24, 2.45) is 0 Å². The second-order valence-electron chi connectivity index (χ2n) is 8.28. The lowest BCUT2D eigenvalue weighted by Crippen LogP contribution is -2.40. The highest BCUT2D eigenvalue weighted by Gasteiger charge is 2.48. The number of carboxylic acid groups (broad SMARTS) is 1. The zero-order valence-electron chi connectivity index (χ0n) is 16.4. The van der Waals surface area contributed by atoms with Gasteiger partial charge >= 0.3 is 12.0 Å². The van der Waals surface area contributed by atoms with E-state index in [0.717, 1.165) is 10.5 Å². The van der Waals surface area contributed by atoms with Gasteiger partial charge in [0.1, 0.15) is 5.54 Å². The van der Waals surface area contributed by atoms with Gasteiger partial charge in [-0.05, 0) is 41.2 Å². The maximum absolute atomic E-state index is 13.1. The molecule has 0 aliphatic carbocycles. The summed E-state index contributed by atoms with van der Waals surface area (Å²) in [7, 11) is 0. The van der Waals surface area contributed by atoms with E-state index < -0.39 is 17.5 Å². The molecule has 0 spiro atoms. The fourth-order valence-electron chi connectivity index (χ4n) is 3.33. The number of carbonyl (C=O) groups excluding carboxylic acids is 2. The van der Waals surface area contributed by atoms with Crippen LogP contribution in [0.25, 0.3) is 0 Å². The normalized spacial score (nSPS) is 19.6. The maximum atomic E-state index is 13.1. The number of carbonyl (C=O) groups is 3. The van der Waals surface area contributed by atoms with E-state index in [2.05, 4.69) is 26.1 Å². The molecule has 0 aromatic heterocycles. The van der Waals surface area contributed by atoms with Crippen LogP contribution < -0.4 is 5.32 Å². The molecule has 28 heavy (non-hydrogen) atoms. The molecule has 1 aliphatic heterocycles. The van der Waals surface area contributed by atoms with Crippen LogP contribution in [0.15, 0.2) is 48.5 Å². The zero-order valence-corrected chi connectivity index (χ0v) is 16.4. The molecule has 2 N–H and O–H groups in total. The average Bonchev–Trinajstić information content (AvgIpc) is 2.85. The summed E-state index contributed by atoms with van der Waals surface area (Å²) < 4.78 is 0. The van der Waals surface area contributed by atoms with Gasteiger partial charge in [0.2, 0.25) is 0 Å². The second kappa shape index (κ2) is 6.78. The number of carboxylic acids is 1. The lowest BCUT2D eigenvalue weighted by molar-refractivity contribution is -0.131. The number of benzene rings is 2. The molecule has 1 heterocycles. The largest absolute Gasteiger partial charge is 0.478 e. The van der Waals surface area contributed by atoms with Crippen molar-refractivity contribution in [1.29, 1.82) is 0 Å². The number of nitrogens with one attached hydrogen (secondary N) is 1. The van der Waals surface area contributed by atoms with E-state index in [1.54, 1.807) is 19.1 Å². The van der Waals surface area contributed by atoms with Gasteiger partial charge in [0, 0.05) is 0 Å². The molecular formula is C22H24N2O4. The standard InChI is InChI=1S/C22H24N2O4/c1-21(2,3)16-8-10-17(11-9-16)22(4)19(27)24(20(28)23-22)13-14-6-5-7-15(12-14)18(25)26/h5-12H,13H2,1-4H3,(H,23,28)(H,25,26). The van der Waals surface area contributed by atoms with Gasteiger partial charge in [-0.3, -0.25) is 9.69 Å². The number of hydrogen-bond acceptors (Lipinski definition) is 3. The zero-order chi connectivity index (χ0) is 20.7. The van der Waals surface area contributed by atoms with Crippen LogP contribution >= 0.6 is 0 Å². The van der Waals surface area contributed by atoms with Crippen molar-refractivity contribution in [2.45, 2.75) is 45.2 Å². The summed E-state index contributed by atoms with van der Waals surface area (Å²) in [5.74, 6) is -1.41. The van der Waals surface area contributed by atoms with Crippen LogP contribution in [0.1, 0.15) is 54.7 Å². The van der Waals surface area contributed by atoms with Crippen molar-refractivity contribution < 1.29 is 19.5 Å². The van der Waals surface area contributed by atoms with Crippen LogP contribution in [0, 0.1) is 0 Å². The molecule has 6 nitrogen and oxygen atoms in total. The second-order valence-corrected chi connectivity index (χ2v) is 8.28. The average molecular weight is 380 g/mol. The van der Waals surface area contributed by atoms with Gasteiger partial charge in [0.25, 0.3) is 5.91 Å². The van der Waals surface area contributed by atoms with E-state index in [1.807, 2.05) is 24.3 Å². The molecule has 0 saturated carbocycles. The third-order valence-electron chi connectivity index (χ3n) is 5.12. The summed E-state index contributed by atoms with van der Waals surface area (Å²) in [6, 6.07) is 13.4. The van der Waals surface area contributed by atoms with Gasteiger partial charge in [-0.15, -0.1) is 0 Å². The third kappa shape index (κ3) is 3.50. The van der Waals surface area contributed by atoms with Crippen LogP contribution in [0.3, 0.4) is 0 Å². The lowest BCUT2D eigenvalue weighted by atomic mass is 9.84. The number of aromatic carboxylic acids is 1. The van der Waals surface area contributed by atoms with Crippen LogP contribution in [0.4, 0.5) is 4.79 Å². The Labute approximate surface area is 164 Å². The summed E-state index contributed by atoms with van der Waals surface area (Å²) in [6.45, 7) is 8.03. The Kier molecular flexibility index (Phi) is 4.75. The Morgan fingerprint density at radius 1 is 1.11 bits per heavy atom. The molecule has 2 aromatic rings. The Bertz CT molecular complexity index is 944. The molecule has 1 saturated heterocycles. The molecule has 1 fully saturated rings. The molecule has 1 unspecified atom stereocenters. The highest BCUT2D eigenvalue weighted by Crippen LogP contribution is 2.31. The topological polar surface area (TPSA) is 86.7 Å². The van der Waals surface area contributed by atoms with Crippen molar-refractivity contribution in [2.75, 3.05) is 0 Å². The highest BCUT2D eigenvalue weighted by atomic mass is 16.4. The molecule has 146 valence electrons. The molecule has 3 rings (SSSR count). The smallest absolute Gasteiger partial charge is 0.335 e.